The normalized spacial score (nSPS) is 11.6. The molecule has 0 amide bonds. The molecular weight excluding hydrogens is 499 g/mol. The molecule has 31 heavy (non-hydrogen) atoms. The Kier molecular flexibility index (Phi) is 29.4. The summed E-state index contributed by atoms with van der Waals surface area (Å²) in [6.45, 7) is 7.13. The molecule has 0 aliphatic heterocycles. The van der Waals surface area contributed by atoms with E-state index < -0.39 is 24.5 Å². The molecule has 6 heteroatoms. The molecule has 5 nitrogen and oxygen atoms in total. The summed E-state index contributed by atoms with van der Waals surface area (Å²) in [6.07, 6.45) is 17.5. The van der Waals surface area contributed by atoms with E-state index in [0.717, 1.165) is 19.3 Å². The van der Waals surface area contributed by atoms with Gasteiger partial charge in [0.25, 0.3) is 0 Å². The fourth-order valence-corrected chi connectivity index (χ4v) is 7.26. The minimum absolute atomic E-state index is 0.149. The number of carboxylic acids is 2. The Labute approximate surface area is 202 Å². The molecule has 0 fully saturated rings. The molecule has 0 rings (SSSR count). The molecule has 0 spiro atoms. The quantitative estimate of drug-likeness (QED) is 0.109. The van der Waals surface area contributed by atoms with Gasteiger partial charge in [0.05, 0.1) is 6.42 Å². The fraction of sp³-hybridized carbons (Fsp3) is 0.920. The zero-order valence-electron chi connectivity index (χ0n) is 20.6. The Morgan fingerprint density at radius 1 is 0.677 bits per heavy atom. The Bertz CT molecular complexity index is 384. The van der Waals surface area contributed by atoms with Crippen LogP contribution in [0.4, 0.5) is 0 Å². The van der Waals surface area contributed by atoms with Gasteiger partial charge in [-0.3, -0.25) is 4.79 Å². The van der Waals surface area contributed by atoms with E-state index in [-0.39, 0.29) is 21.1 Å². The molecule has 184 valence electrons. The Morgan fingerprint density at radius 3 is 1.48 bits per heavy atom. The maximum atomic E-state index is 10.8. The molecule has 1 atom stereocenters. The van der Waals surface area contributed by atoms with Crippen LogP contribution in [0, 0.1) is 0 Å². The van der Waals surface area contributed by atoms with Gasteiger partial charge in [-0.15, -0.1) is 0 Å². The number of rotatable bonds is 22. The summed E-state index contributed by atoms with van der Waals surface area (Å²) in [5.41, 5.74) is 0. The van der Waals surface area contributed by atoms with Crippen LogP contribution in [0.5, 0.6) is 0 Å². The third-order valence-electron chi connectivity index (χ3n) is 5.12. The van der Waals surface area contributed by atoms with E-state index in [2.05, 4.69) is 20.8 Å². The van der Waals surface area contributed by atoms with Gasteiger partial charge in [0, 0.05) is 6.61 Å². The fourth-order valence-electron chi connectivity index (χ4n) is 3.10. The summed E-state index contributed by atoms with van der Waals surface area (Å²) in [5, 5.41) is 17.4. The van der Waals surface area contributed by atoms with Crippen LogP contribution in [0.1, 0.15) is 124 Å². The van der Waals surface area contributed by atoms with Crippen molar-refractivity contribution in [2.24, 2.45) is 0 Å². The molecule has 0 aromatic heterocycles. The van der Waals surface area contributed by atoms with Crippen LogP contribution in [0.2, 0.25) is 8.87 Å². The third-order valence-corrected chi connectivity index (χ3v) is 9.15. The number of hydrogen-bond acceptors (Lipinski definition) is 3. The number of hydrogen-bond donors (Lipinski definition) is 2. The summed E-state index contributed by atoms with van der Waals surface area (Å²) < 4.78 is 8.37. The van der Waals surface area contributed by atoms with Crippen molar-refractivity contribution < 1.29 is 24.5 Å². The first-order chi connectivity index (χ1) is 15.0. The third kappa shape index (κ3) is 29.7. The van der Waals surface area contributed by atoms with Crippen molar-refractivity contribution in [1.82, 2.24) is 0 Å². The molecule has 2 radical (unpaired) electrons. The molecule has 0 bridgehead atoms. The molecule has 2 N–H and O–H groups in total. The number of ether oxygens (including phenoxy) is 1. The van der Waals surface area contributed by atoms with E-state index in [1.54, 1.807) is 8.87 Å². The van der Waals surface area contributed by atoms with Crippen molar-refractivity contribution in [2.75, 3.05) is 6.61 Å². The average Bonchev–Trinajstić information content (AvgIpc) is 2.73. The zero-order valence-corrected chi connectivity index (χ0v) is 23.5. The molecule has 0 heterocycles. The Balaban J connectivity index is 0. The van der Waals surface area contributed by atoms with Crippen molar-refractivity contribution in [3.8, 4) is 0 Å². The van der Waals surface area contributed by atoms with Gasteiger partial charge >= 0.3 is 81.5 Å². The van der Waals surface area contributed by atoms with Crippen LogP contribution in [0.15, 0.2) is 0 Å². The zero-order chi connectivity index (χ0) is 23.6. The van der Waals surface area contributed by atoms with Crippen LogP contribution in [0.3, 0.4) is 0 Å². The first-order valence-electron chi connectivity index (χ1n) is 12.8. The molecular formula is C25H50O5Sn. The first kappa shape index (κ1) is 32.9. The number of aliphatic carboxylic acids is 2. The molecule has 0 aromatic carbocycles. The average molecular weight is 549 g/mol. The Morgan fingerprint density at radius 2 is 1.10 bits per heavy atom. The monoisotopic (exact) mass is 550 g/mol. The molecule has 0 saturated heterocycles. The standard InChI is InChI=1S/C17H32O5.2C4H9.Sn/c1-2-3-4-5-6-7-8-9-10-11-12-13-22-15(17(20)21)14-16(18)19;2*1-3-4-2;/h15H,2-14H2,1H3,(H,18,19)(H,20,21);2*1,3-4H2,2H3;. The molecule has 0 saturated carbocycles. The summed E-state index contributed by atoms with van der Waals surface area (Å²) in [6, 6.07) is 0. The van der Waals surface area contributed by atoms with E-state index >= 15 is 0 Å². The number of unbranched alkanes of at least 4 members (excludes halogenated alkanes) is 12. The predicted octanol–water partition coefficient (Wildman–Crippen LogP) is 7.37. The second-order valence-electron chi connectivity index (χ2n) is 8.29. The van der Waals surface area contributed by atoms with Crippen molar-refractivity contribution in [2.45, 2.75) is 138 Å². The van der Waals surface area contributed by atoms with Crippen molar-refractivity contribution in [3.05, 3.63) is 0 Å². The van der Waals surface area contributed by atoms with Gasteiger partial charge in [-0.1, -0.05) is 71.1 Å². The predicted molar refractivity (Wildman–Crippen MR) is 131 cm³/mol. The summed E-state index contributed by atoms with van der Waals surface area (Å²) in [5.74, 6) is -2.35. The Hall–Kier alpha value is -0.301. The SMILES string of the molecule is CCCCCCCCCCCCCOC(CC(=O)O)C(=O)O.CCC[CH2][Sn][CH2]CCC. The number of carbonyl (C=O) groups is 2. The van der Waals surface area contributed by atoms with E-state index in [1.165, 1.54) is 77.0 Å². The van der Waals surface area contributed by atoms with Gasteiger partial charge in [-0.2, -0.15) is 0 Å². The molecule has 0 aromatic rings. The van der Waals surface area contributed by atoms with Gasteiger partial charge in [-0.05, 0) is 6.42 Å². The second kappa shape index (κ2) is 27.7. The van der Waals surface area contributed by atoms with Gasteiger partial charge in [-0.25, -0.2) is 4.79 Å². The van der Waals surface area contributed by atoms with Crippen molar-refractivity contribution >= 4 is 33.1 Å². The summed E-state index contributed by atoms with van der Waals surface area (Å²) in [4.78, 5) is 21.3. The molecule has 0 aliphatic rings. The first-order valence-corrected chi connectivity index (χ1v) is 16.8. The van der Waals surface area contributed by atoms with Crippen molar-refractivity contribution in [1.29, 1.82) is 0 Å². The van der Waals surface area contributed by atoms with Gasteiger partial charge < -0.3 is 14.9 Å². The second-order valence-corrected chi connectivity index (χ2v) is 12.6. The molecule has 1 unspecified atom stereocenters. The van der Waals surface area contributed by atoms with Crippen molar-refractivity contribution in [3.63, 3.8) is 0 Å². The van der Waals surface area contributed by atoms with Crippen LogP contribution in [-0.4, -0.2) is 56.0 Å². The maximum absolute atomic E-state index is 10.8. The van der Waals surface area contributed by atoms with E-state index in [1.807, 2.05) is 0 Å². The van der Waals surface area contributed by atoms with Gasteiger partial charge in [0.15, 0.2) is 6.10 Å². The molecule has 0 aliphatic carbocycles. The van der Waals surface area contributed by atoms with E-state index in [4.69, 9.17) is 14.9 Å². The van der Waals surface area contributed by atoms with E-state index in [0.29, 0.717) is 6.61 Å². The number of carboxylic acid groups (broad SMARTS) is 2. The summed E-state index contributed by atoms with van der Waals surface area (Å²) >= 11 is 0.149. The minimum atomic E-state index is -1.22. The van der Waals surface area contributed by atoms with Crippen LogP contribution in [0.25, 0.3) is 0 Å². The van der Waals surface area contributed by atoms with Crippen LogP contribution in [-0.2, 0) is 14.3 Å². The van der Waals surface area contributed by atoms with Crippen LogP contribution >= 0.6 is 0 Å². The summed E-state index contributed by atoms with van der Waals surface area (Å²) in [7, 11) is 0. The van der Waals surface area contributed by atoms with Gasteiger partial charge in [0.2, 0.25) is 0 Å². The van der Waals surface area contributed by atoms with Gasteiger partial charge in [0.1, 0.15) is 0 Å². The van der Waals surface area contributed by atoms with Crippen LogP contribution < -0.4 is 0 Å². The topological polar surface area (TPSA) is 83.8 Å². The van der Waals surface area contributed by atoms with E-state index in [9.17, 15) is 9.59 Å².